The number of methoxy groups -OCH3 is 2. The second kappa shape index (κ2) is 11.5. The molecule has 2 aliphatic rings. The van der Waals surface area contributed by atoms with Crippen LogP contribution in [-0.2, 0) is 16.1 Å². The number of nitrogens with zero attached hydrogens (tertiary/aromatic N) is 1. The van der Waals surface area contributed by atoms with Crippen molar-refractivity contribution in [2.45, 2.75) is 45.3 Å². The molecule has 10 heteroatoms. The van der Waals surface area contributed by atoms with E-state index in [1.54, 1.807) is 23.1 Å². The molecule has 3 aromatic carbocycles. The van der Waals surface area contributed by atoms with Gasteiger partial charge >= 0.3 is 0 Å². The van der Waals surface area contributed by atoms with Crippen molar-refractivity contribution >= 4 is 29.1 Å². The first-order valence-electron chi connectivity index (χ1n) is 13.5. The smallest absolute Gasteiger partial charge is 0.251 e. The molecule has 2 atom stereocenters. The maximum atomic E-state index is 15.3. The van der Waals surface area contributed by atoms with Crippen LogP contribution in [0.4, 0.5) is 15.8 Å². The van der Waals surface area contributed by atoms with Crippen molar-refractivity contribution in [3.8, 4) is 11.5 Å². The first-order chi connectivity index (χ1) is 19.7. The Kier molecular flexibility index (Phi) is 7.83. The first kappa shape index (κ1) is 27.9. The molecule has 0 unspecified atom stereocenters. The molecule has 1 saturated heterocycles. The molecule has 0 radical (unpaired) electrons. The van der Waals surface area contributed by atoms with Gasteiger partial charge in [-0.05, 0) is 78.4 Å². The van der Waals surface area contributed by atoms with Gasteiger partial charge in [-0.3, -0.25) is 14.4 Å². The summed E-state index contributed by atoms with van der Waals surface area (Å²) in [7, 11) is 3.03. The summed E-state index contributed by atoms with van der Waals surface area (Å²) in [5.74, 6) is -0.362. The van der Waals surface area contributed by atoms with Crippen LogP contribution in [-0.4, -0.2) is 43.4 Å². The van der Waals surface area contributed by atoms with Crippen molar-refractivity contribution in [1.82, 2.24) is 10.2 Å². The molecule has 41 heavy (non-hydrogen) atoms. The van der Waals surface area contributed by atoms with E-state index in [-0.39, 0.29) is 36.0 Å². The van der Waals surface area contributed by atoms with E-state index in [4.69, 9.17) is 9.47 Å². The van der Waals surface area contributed by atoms with Gasteiger partial charge in [0.05, 0.1) is 25.9 Å². The number of ether oxygens (including phenoxy) is 2. The maximum Gasteiger partial charge on any atom is 0.251 e. The molecule has 3 amide bonds. The molecular formula is C31H33FN4O5. The van der Waals surface area contributed by atoms with E-state index in [0.29, 0.717) is 40.4 Å². The molecule has 3 N–H and O–H groups in total. The Labute approximate surface area is 238 Å². The van der Waals surface area contributed by atoms with Crippen LogP contribution in [0.3, 0.4) is 0 Å². The predicted octanol–water partition coefficient (Wildman–Crippen LogP) is 4.87. The summed E-state index contributed by atoms with van der Waals surface area (Å²) in [5.41, 5.74) is 4.13. The van der Waals surface area contributed by atoms with Gasteiger partial charge in [-0.25, -0.2) is 4.39 Å². The molecule has 2 heterocycles. The van der Waals surface area contributed by atoms with Crippen LogP contribution in [0.1, 0.15) is 64.5 Å². The summed E-state index contributed by atoms with van der Waals surface area (Å²) in [6.07, 6.45) is 1.52. The van der Waals surface area contributed by atoms with Crippen LogP contribution in [0.2, 0.25) is 0 Å². The van der Waals surface area contributed by atoms with Gasteiger partial charge in [-0.2, -0.15) is 0 Å². The minimum Gasteiger partial charge on any atom is -0.493 e. The number of rotatable bonds is 8. The van der Waals surface area contributed by atoms with Gasteiger partial charge in [0.2, 0.25) is 11.8 Å². The van der Waals surface area contributed by atoms with E-state index in [1.807, 2.05) is 25.1 Å². The normalized spacial score (nSPS) is 16.6. The summed E-state index contributed by atoms with van der Waals surface area (Å²) < 4.78 is 26.2. The summed E-state index contributed by atoms with van der Waals surface area (Å²) in [4.78, 5) is 40.2. The zero-order valence-corrected chi connectivity index (χ0v) is 23.5. The zero-order chi connectivity index (χ0) is 29.3. The summed E-state index contributed by atoms with van der Waals surface area (Å²) in [5, 5.41) is 8.62. The van der Waals surface area contributed by atoms with E-state index < -0.39 is 11.9 Å². The standard InChI is InChI=1S/C31H33FN4O5/c1-17-7-9-21(34-18(2)37)14-22(17)26-6-5-11-36(26)31(39)29(19-8-10-27(40-3)28(13-19)41-4)35-25-15-23-20(12-24(25)32)16-33-30(23)38/h7-10,12-15,26,29,35H,5-6,11,16H2,1-4H3,(H,33,38)(H,34,37)/t26-,29-/m1/s1. The van der Waals surface area contributed by atoms with E-state index in [1.165, 1.54) is 33.3 Å². The zero-order valence-electron chi connectivity index (χ0n) is 23.5. The van der Waals surface area contributed by atoms with Crippen LogP contribution >= 0.6 is 0 Å². The molecule has 0 spiro atoms. The van der Waals surface area contributed by atoms with Crippen molar-refractivity contribution in [1.29, 1.82) is 0 Å². The van der Waals surface area contributed by atoms with Gasteiger partial charge < -0.3 is 30.3 Å². The van der Waals surface area contributed by atoms with E-state index in [0.717, 1.165) is 24.0 Å². The largest absolute Gasteiger partial charge is 0.493 e. The first-order valence-corrected chi connectivity index (χ1v) is 13.5. The highest BCUT2D eigenvalue weighted by atomic mass is 19.1. The van der Waals surface area contributed by atoms with Gasteiger partial charge in [0.15, 0.2) is 11.5 Å². The summed E-state index contributed by atoms with van der Waals surface area (Å²) >= 11 is 0. The van der Waals surface area contributed by atoms with Crippen molar-refractivity contribution in [2.24, 2.45) is 0 Å². The molecule has 9 nitrogen and oxygen atoms in total. The number of likely N-dealkylation sites (tertiary alicyclic amines) is 1. The molecule has 0 aliphatic carbocycles. The quantitative estimate of drug-likeness (QED) is 0.363. The number of hydrogen-bond donors (Lipinski definition) is 3. The third-order valence-electron chi connectivity index (χ3n) is 7.66. The highest BCUT2D eigenvalue weighted by Gasteiger charge is 2.36. The van der Waals surface area contributed by atoms with Crippen LogP contribution in [0, 0.1) is 12.7 Å². The lowest BCUT2D eigenvalue weighted by Crippen LogP contribution is -2.38. The second-order valence-electron chi connectivity index (χ2n) is 10.3. The van der Waals surface area contributed by atoms with Crippen molar-refractivity contribution in [3.63, 3.8) is 0 Å². The summed E-state index contributed by atoms with van der Waals surface area (Å²) in [6, 6.07) is 12.3. The Hall–Kier alpha value is -4.60. The fourth-order valence-electron chi connectivity index (χ4n) is 5.63. The number of fused-ring (bicyclic) bond motifs is 1. The van der Waals surface area contributed by atoms with Crippen LogP contribution in [0.25, 0.3) is 0 Å². The molecule has 0 saturated carbocycles. The fraction of sp³-hybridized carbons (Fsp3) is 0.323. The Bertz CT molecular complexity index is 1520. The predicted molar refractivity (Wildman–Crippen MR) is 153 cm³/mol. The highest BCUT2D eigenvalue weighted by molar-refractivity contribution is 5.99. The number of aryl methyl sites for hydroxylation is 1. The SMILES string of the molecule is COc1ccc([C@@H](Nc2cc3c(cc2F)CNC3=O)C(=O)N2CCC[C@@H]2c2cc(NC(C)=O)ccc2C)cc1OC. The molecule has 1 fully saturated rings. The topological polar surface area (TPSA) is 109 Å². The van der Waals surface area contributed by atoms with E-state index >= 15 is 4.39 Å². The maximum absolute atomic E-state index is 15.3. The number of benzene rings is 3. The molecule has 0 aromatic heterocycles. The molecular weight excluding hydrogens is 527 g/mol. The van der Waals surface area contributed by atoms with Gasteiger partial charge in [-0.1, -0.05) is 12.1 Å². The Morgan fingerprint density at radius 2 is 1.85 bits per heavy atom. The monoisotopic (exact) mass is 560 g/mol. The Balaban J connectivity index is 1.55. The number of nitrogens with one attached hydrogen (secondary N) is 3. The third kappa shape index (κ3) is 5.54. The van der Waals surface area contributed by atoms with Crippen LogP contribution in [0.5, 0.6) is 11.5 Å². The Morgan fingerprint density at radius 3 is 2.59 bits per heavy atom. The average molecular weight is 561 g/mol. The van der Waals surface area contributed by atoms with E-state index in [9.17, 15) is 14.4 Å². The number of anilines is 2. The lowest BCUT2D eigenvalue weighted by Gasteiger charge is -2.31. The van der Waals surface area contributed by atoms with Gasteiger partial charge in [-0.15, -0.1) is 0 Å². The number of carbonyl (C=O) groups excluding carboxylic acids is 3. The van der Waals surface area contributed by atoms with Crippen LogP contribution in [0.15, 0.2) is 48.5 Å². The lowest BCUT2D eigenvalue weighted by molar-refractivity contribution is -0.133. The number of amides is 3. The highest BCUT2D eigenvalue weighted by Crippen LogP contribution is 2.39. The minimum atomic E-state index is -0.994. The summed E-state index contributed by atoms with van der Waals surface area (Å²) in [6.45, 7) is 4.19. The molecule has 2 aliphatic heterocycles. The molecule has 0 bridgehead atoms. The van der Waals surface area contributed by atoms with Crippen molar-refractivity contribution in [2.75, 3.05) is 31.4 Å². The minimum absolute atomic E-state index is 0.0496. The molecule has 3 aromatic rings. The van der Waals surface area contributed by atoms with Gasteiger partial charge in [0, 0.05) is 31.3 Å². The fourth-order valence-corrected chi connectivity index (χ4v) is 5.63. The van der Waals surface area contributed by atoms with Gasteiger partial charge in [0.25, 0.3) is 5.91 Å². The lowest BCUT2D eigenvalue weighted by atomic mass is 9.97. The second-order valence-corrected chi connectivity index (χ2v) is 10.3. The number of carbonyl (C=O) groups is 3. The van der Waals surface area contributed by atoms with E-state index in [2.05, 4.69) is 16.0 Å². The number of halogens is 1. The van der Waals surface area contributed by atoms with Crippen molar-refractivity contribution < 1.29 is 28.2 Å². The average Bonchev–Trinajstić information content (AvgIpc) is 3.58. The van der Waals surface area contributed by atoms with Crippen molar-refractivity contribution in [3.05, 3.63) is 82.2 Å². The molecule has 5 rings (SSSR count). The molecule has 214 valence electrons. The third-order valence-corrected chi connectivity index (χ3v) is 7.66. The number of hydrogen-bond acceptors (Lipinski definition) is 6. The van der Waals surface area contributed by atoms with Gasteiger partial charge in [0.1, 0.15) is 11.9 Å². The van der Waals surface area contributed by atoms with Crippen LogP contribution < -0.4 is 25.4 Å². The Morgan fingerprint density at radius 1 is 1.07 bits per heavy atom.